The summed E-state index contributed by atoms with van der Waals surface area (Å²) in [5.41, 5.74) is 1.16. The molecule has 1 aliphatic rings. The van der Waals surface area contributed by atoms with Crippen molar-refractivity contribution in [1.82, 2.24) is 24.5 Å². The fourth-order valence-corrected chi connectivity index (χ4v) is 5.08. The van der Waals surface area contributed by atoms with Crippen LogP contribution in [0, 0.1) is 5.92 Å². The van der Waals surface area contributed by atoms with E-state index in [2.05, 4.69) is 20.8 Å². The predicted molar refractivity (Wildman–Crippen MR) is 111 cm³/mol. The van der Waals surface area contributed by atoms with Gasteiger partial charge in [-0.05, 0) is 59.7 Å². The number of hydrogen-bond acceptors (Lipinski definition) is 6. The summed E-state index contributed by atoms with van der Waals surface area (Å²) in [5.74, 6) is -0.692. The number of nitrogens with one attached hydrogen (secondary N) is 1. The third kappa shape index (κ3) is 4.20. The van der Waals surface area contributed by atoms with E-state index in [0.29, 0.717) is 35.8 Å². The number of amides is 1. The lowest BCUT2D eigenvalue weighted by molar-refractivity contribution is -0.120. The van der Waals surface area contributed by atoms with E-state index in [4.69, 9.17) is 11.6 Å². The predicted octanol–water partition coefficient (Wildman–Crippen LogP) is 2.36. The highest BCUT2D eigenvalue weighted by Crippen LogP contribution is 2.27. The van der Waals surface area contributed by atoms with E-state index in [1.807, 2.05) is 0 Å². The van der Waals surface area contributed by atoms with Crippen molar-refractivity contribution in [3.63, 3.8) is 0 Å². The summed E-state index contributed by atoms with van der Waals surface area (Å²) in [6.07, 6.45) is 2.64. The molecule has 30 heavy (non-hydrogen) atoms. The lowest BCUT2D eigenvalue weighted by Gasteiger charge is -2.31. The van der Waals surface area contributed by atoms with Crippen molar-refractivity contribution in [3.8, 4) is 5.69 Å². The molecule has 2 heterocycles. The van der Waals surface area contributed by atoms with Gasteiger partial charge in [-0.1, -0.05) is 23.7 Å². The number of halogens is 1. The molecule has 1 atom stereocenters. The molecule has 1 amide bonds. The van der Waals surface area contributed by atoms with E-state index in [1.165, 1.54) is 27.4 Å². The van der Waals surface area contributed by atoms with Gasteiger partial charge in [0.25, 0.3) is 0 Å². The van der Waals surface area contributed by atoms with Gasteiger partial charge in [0, 0.05) is 13.1 Å². The maximum atomic E-state index is 13.1. The van der Waals surface area contributed by atoms with Gasteiger partial charge in [-0.25, -0.2) is 13.1 Å². The van der Waals surface area contributed by atoms with Crippen LogP contribution in [0.15, 0.2) is 59.8 Å². The average molecular weight is 447 g/mol. The number of tetrazole rings is 1. The number of piperidine rings is 1. The Bertz CT molecular complexity index is 1140. The highest BCUT2D eigenvalue weighted by Gasteiger charge is 2.33. The number of benzene rings is 2. The molecular weight excluding hydrogens is 428 g/mol. The molecule has 0 bridgehead atoms. The van der Waals surface area contributed by atoms with E-state index in [9.17, 15) is 13.2 Å². The largest absolute Gasteiger partial charge is 0.324 e. The number of para-hydroxylation sites is 1. The fourth-order valence-electron chi connectivity index (χ4n) is 3.37. The summed E-state index contributed by atoms with van der Waals surface area (Å²) in [4.78, 5) is 12.9. The van der Waals surface area contributed by atoms with Crippen LogP contribution in [-0.2, 0) is 14.8 Å². The lowest BCUT2D eigenvalue weighted by atomic mass is 9.99. The minimum atomic E-state index is -3.73. The topological polar surface area (TPSA) is 110 Å². The molecule has 0 spiro atoms. The highest BCUT2D eigenvalue weighted by atomic mass is 35.5. The molecule has 1 aromatic heterocycles. The Morgan fingerprint density at radius 1 is 1.13 bits per heavy atom. The van der Waals surface area contributed by atoms with Crippen LogP contribution in [-0.4, -0.2) is 51.9 Å². The standard InChI is InChI=1S/C19H19ClN6O3S/c20-17-5-1-2-6-18(17)22-19(27)14-4-3-11-25(12-14)30(28,29)16-9-7-15(8-10-16)26-13-21-23-24-26/h1-2,5-10,13-14H,3-4,11-12H2,(H,22,27)/t14-/m1/s1. The Hall–Kier alpha value is -2.82. The van der Waals surface area contributed by atoms with Crippen LogP contribution < -0.4 is 5.32 Å². The van der Waals surface area contributed by atoms with Gasteiger partial charge < -0.3 is 5.32 Å². The Morgan fingerprint density at radius 3 is 2.60 bits per heavy atom. The quantitative estimate of drug-likeness (QED) is 0.644. The minimum absolute atomic E-state index is 0.118. The summed E-state index contributed by atoms with van der Waals surface area (Å²) < 4.78 is 29.0. The van der Waals surface area contributed by atoms with Gasteiger partial charge in [-0.15, -0.1) is 5.10 Å². The third-order valence-corrected chi connectivity index (χ3v) is 7.18. The molecule has 156 valence electrons. The van der Waals surface area contributed by atoms with E-state index in [-0.39, 0.29) is 17.3 Å². The number of sulfonamides is 1. The van der Waals surface area contributed by atoms with Gasteiger partial charge in [0.15, 0.2) is 0 Å². The number of nitrogens with zero attached hydrogens (tertiary/aromatic N) is 5. The van der Waals surface area contributed by atoms with Crippen molar-refractivity contribution < 1.29 is 13.2 Å². The Labute approximate surface area is 178 Å². The summed E-state index contributed by atoms with van der Waals surface area (Å²) in [5, 5.41) is 14.1. The van der Waals surface area contributed by atoms with Crippen molar-refractivity contribution in [2.75, 3.05) is 18.4 Å². The molecule has 0 unspecified atom stereocenters. The van der Waals surface area contributed by atoms with Crippen molar-refractivity contribution in [2.45, 2.75) is 17.7 Å². The van der Waals surface area contributed by atoms with Gasteiger partial charge >= 0.3 is 0 Å². The van der Waals surface area contributed by atoms with Crippen LogP contribution in [0.1, 0.15) is 12.8 Å². The zero-order valence-electron chi connectivity index (χ0n) is 15.8. The van der Waals surface area contributed by atoms with Gasteiger partial charge in [0.2, 0.25) is 15.9 Å². The Kier molecular flexibility index (Phi) is 5.80. The molecule has 0 aliphatic carbocycles. The first-order valence-electron chi connectivity index (χ1n) is 9.34. The highest BCUT2D eigenvalue weighted by molar-refractivity contribution is 7.89. The Morgan fingerprint density at radius 2 is 1.90 bits per heavy atom. The SMILES string of the molecule is O=C(Nc1ccccc1Cl)[C@@H]1CCCN(S(=O)(=O)c2ccc(-n3cnnn3)cc2)C1. The van der Waals surface area contributed by atoms with Gasteiger partial charge in [0.1, 0.15) is 6.33 Å². The van der Waals surface area contributed by atoms with Crippen molar-refractivity contribution in [1.29, 1.82) is 0 Å². The molecular formula is C19H19ClN6O3S. The first-order chi connectivity index (χ1) is 14.4. The molecule has 2 aromatic carbocycles. The average Bonchev–Trinajstić information content (AvgIpc) is 3.30. The summed E-state index contributed by atoms with van der Waals surface area (Å²) in [7, 11) is -3.73. The molecule has 11 heteroatoms. The summed E-state index contributed by atoms with van der Waals surface area (Å²) in [6, 6.07) is 13.2. The minimum Gasteiger partial charge on any atom is -0.324 e. The molecule has 1 aliphatic heterocycles. The molecule has 3 aromatic rings. The second kappa shape index (κ2) is 8.50. The zero-order valence-corrected chi connectivity index (χ0v) is 17.4. The van der Waals surface area contributed by atoms with Crippen LogP contribution in [0.25, 0.3) is 5.69 Å². The summed E-state index contributed by atoms with van der Waals surface area (Å²) >= 11 is 6.10. The van der Waals surface area contributed by atoms with Gasteiger partial charge in [-0.3, -0.25) is 4.79 Å². The Balaban J connectivity index is 1.48. The molecule has 9 nitrogen and oxygen atoms in total. The van der Waals surface area contributed by atoms with Crippen molar-refractivity contribution >= 4 is 33.2 Å². The van der Waals surface area contributed by atoms with Crippen LogP contribution in [0.2, 0.25) is 5.02 Å². The molecule has 1 saturated heterocycles. The van der Waals surface area contributed by atoms with Crippen molar-refractivity contribution in [2.24, 2.45) is 5.92 Å². The van der Waals surface area contributed by atoms with Crippen LogP contribution >= 0.6 is 11.6 Å². The first kappa shape index (κ1) is 20.5. The third-order valence-electron chi connectivity index (χ3n) is 4.97. The maximum Gasteiger partial charge on any atom is 0.243 e. The normalized spacial score (nSPS) is 17.6. The van der Waals surface area contributed by atoms with Crippen LogP contribution in [0.4, 0.5) is 5.69 Å². The van der Waals surface area contributed by atoms with E-state index in [1.54, 1.807) is 36.4 Å². The smallest absolute Gasteiger partial charge is 0.243 e. The lowest BCUT2D eigenvalue weighted by Crippen LogP contribution is -2.43. The van der Waals surface area contributed by atoms with Crippen LogP contribution in [0.3, 0.4) is 0 Å². The second-order valence-corrected chi connectivity index (χ2v) is 9.26. The van der Waals surface area contributed by atoms with E-state index in [0.717, 1.165) is 0 Å². The summed E-state index contributed by atoms with van der Waals surface area (Å²) in [6.45, 7) is 0.486. The molecule has 4 rings (SSSR count). The van der Waals surface area contributed by atoms with Gasteiger partial charge in [0.05, 0.1) is 27.2 Å². The monoisotopic (exact) mass is 446 g/mol. The fraction of sp³-hybridized carbons (Fsp3) is 0.263. The van der Waals surface area contributed by atoms with E-state index < -0.39 is 15.9 Å². The van der Waals surface area contributed by atoms with E-state index >= 15 is 0 Å². The number of carbonyl (C=O) groups excluding carboxylic acids is 1. The number of rotatable bonds is 5. The van der Waals surface area contributed by atoms with Gasteiger partial charge in [-0.2, -0.15) is 4.31 Å². The molecule has 0 saturated carbocycles. The number of aromatic nitrogens is 4. The zero-order chi connectivity index (χ0) is 21.1. The van der Waals surface area contributed by atoms with Crippen LogP contribution in [0.5, 0.6) is 0 Å². The first-order valence-corrected chi connectivity index (χ1v) is 11.2. The molecule has 1 fully saturated rings. The number of hydrogen-bond donors (Lipinski definition) is 1. The number of carbonyl (C=O) groups is 1. The number of anilines is 1. The maximum absolute atomic E-state index is 13.1. The van der Waals surface area contributed by atoms with Crippen molar-refractivity contribution in [3.05, 3.63) is 59.9 Å². The molecule has 0 radical (unpaired) electrons. The second-order valence-electron chi connectivity index (χ2n) is 6.92. The molecule has 1 N–H and O–H groups in total.